The molecule has 0 spiro atoms. The Labute approximate surface area is 191 Å². The first-order valence-corrected chi connectivity index (χ1v) is 11.7. The predicted molar refractivity (Wildman–Crippen MR) is 123 cm³/mol. The molecule has 3 heterocycles. The van der Waals surface area contributed by atoms with Crippen molar-refractivity contribution in [3.05, 3.63) is 72.6 Å². The summed E-state index contributed by atoms with van der Waals surface area (Å²) in [5.41, 5.74) is 2.24. The van der Waals surface area contributed by atoms with Crippen molar-refractivity contribution < 1.29 is 14.3 Å². The van der Waals surface area contributed by atoms with E-state index >= 15 is 0 Å². The number of aryl methyl sites for hydroxylation is 1. The van der Waals surface area contributed by atoms with Crippen LogP contribution < -0.4 is 14.4 Å². The lowest BCUT2D eigenvalue weighted by atomic mass is 10.0. The van der Waals surface area contributed by atoms with Crippen LogP contribution in [0.25, 0.3) is 0 Å². The normalized spacial score (nSPS) is 17.0. The van der Waals surface area contributed by atoms with Gasteiger partial charge in [-0.15, -0.1) is 16.8 Å². The summed E-state index contributed by atoms with van der Waals surface area (Å²) in [6.45, 7) is 5.47. The standard InChI is InChI=1S/C24H24N4O3S/c1-2-13-28-23(21-15-30-19-11-5-6-12-20(19)31-21)25-26-24(28)32-16-22(29)27-14-7-9-17-8-3-4-10-18(17)27/h2-6,8,10-12,21H,1,7,9,13-16H2. The van der Waals surface area contributed by atoms with Gasteiger partial charge in [0.1, 0.15) is 6.61 Å². The number of para-hydroxylation sites is 3. The number of anilines is 1. The number of ether oxygens (including phenoxy) is 2. The predicted octanol–water partition coefficient (Wildman–Crippen LogP) is 4.05. The monoisotopic (exact) mass is 448 g/mol. The lowest BCUT2D eigenvalue weighted by molar-refractivity contribution is -0.116. The Morgan fingerprint density at radius 2 is 1.97 bits per heavy atom. The molecule has 1 atom stereocenters. The molecule has 1 unspecified atom stereocenters. The first kappa shape index (κ1) is 20.6. The number of allylic oxidation sites excluding steroid dienone is 1. The first-order valence-electron chi connectivity index (χ1n) is 10.7. The van der Waals surface area contributed by atoms with Gasteiger partial charge in [0, 0.05) is 18.8 Å². The number of hydrogen-bond donors (Lipinski definition) is 0. The van der Waals surface area contributed by atoms with Gasteiger partial charge in [-0.1, -0.05) is 48.2 Å². The SMILES string of the molecule is C=CCn1c(SCC(=O)N2CCCc3ccccc32)nnc1C1COc2ccccc2O1. The number of rotatable bonds is 6. The minimum absolute atomic E-state index is 0.0723. The summed E-state index contributed by atoms with van der Waals surface area (Å²) in [5.74, 6) is 2.43. The fraction of sp³-hybridized carbons (Fsp3) is 0.292. The second kappa shape index (κ2) is 9.08. The van der Waals surface area contributed by atoms with E-state index in [1.54, 1.807) is 6.08 Å². The molecule has 32 heavy (non-hydrogen) atoms. The van der Waals surface area contributed by atoms with Crippen LogP contribution in [-0.2, 0) is 17.8 Å². The number of fused-ring (bicyclic) bond motifs is 2. The molecular formula is C24H24N4O3S. The van der Waals surface area contributed by atoms with E-state index in [1.165, 1.54) is 17.3 Å². The maximum Gasteiger partial charge on any atom is 0.237 e. The van der Waals surface area contributed by atoms with Gasteiger partial charge in [-0.25, -0.2) is 0 Å². The number of carbonyl (C=O) groups is 1. The first-order chi connectivity index (χ1) is 15.7. The van der Waals surface area contributed by atoms with Gasteiger partial charge >= 0.3 is 0 Å². The van der Waals surface area contributed by atoms with Crippen LogP contribution in [0.4, 0.5) is 5.69 Å². The zero-order chi connectivity index (χ0) is 21.9. The Morgan fingerprint density at radius 1 is 1.16 bits per heavy atom. The van der Waals surface area contributed by atoms with Gasteiger partial charge in [-0.3, -0.25) is 9.36 Å². The smallest absolute Gasteiger partial charge is 0.237 e. The average Bonchev–Trinajstić information content (AvgIpc) is 3.24. The van der Waals surface area contributed by atoms with Gasteiger partial charge in [0.05, 0.1) is 5.75 Å². The topological polar surface area (TPSA) is 69.5 Å². The molecule has 0 fully saturated rings. The molecule has 5 rings (SSSR count). The summed E-state index contributed by atoms with van der Waals surface area (Å²) in [5, 5.41) is 9.39. The molecule has 2 aliphatic heterocycles. The quantitative estimate of drug-likeness (QED) is 0.419. The molecule has 1 amide bonds. The number of amides is 1. The minimum Gasteiger partial charge on any atom is -0.485 e. The summed E-state index contributed by atoms with van der Waals surface area (Å²) < 4.78 is 13.9. The zero-order valence-electron chi connectivity index (χ0n) is 17.6. The fourth-order valence-corrected chi connectivity index (χ4v) is 4.92. The molecule has 0 bridgehead atoms. The van der Waals surface area contributed by atoms with Crippen LogP contribution in [0.2, 0.25) is 0 Å². The Morgan fingerprint density at radius 3 is 2.84 bits per heavy atom. The van der Waals surface area contributed by atoms with Crippen LogP contribution in [0, 0.1) is 0 Å². The molecule has 7 nitrogen and oxygen atoms in total. The molecule has 0 radical (unpaired) electrons. The largest absolute Gasteiger partial charge is 0.485 e. The molecule has 0 N–H and O–H groups in total. The van der Waals surface area contributed by atoms with E-state index in [4.69, 9.17) is 9.47 Å². The highest BCUT2D eigenvalue weighted by Gasteiger charge is 2.29. The Bertz CT molecular complexity index is 1150. The van der Waals surface area contributed by atoms with E-state index in [9.17, 15) is 4.79 Å². The van der Waals surface area contributed by atoms with Gasteiger partial charge in [0.25, 0.3) is 0 Å². The van der Waals surface area contributed by atoms with Crippen molar-refractivity contribution in [3.63, 3.8) is 0 Å². The molecule has 0 saturated heterocycles. The average molecular weight is 449 g/mol. The summed E-state index contributed by atoms with van der Waals surface area (Å²) in [6, 6.07) is 15.7. The van der Waals surface area contributed by atoms with Crippen LogP contribution in [0.3, 0.4) is 0 Å². The maximum absolute atomic E-state index is 13.0. The number of hydrogen-bond acceptors (Lipinski definition) is 6. The van der Waals surface area contributed by atoms with Crippen LogP contribution in [0.5, 0.6) is 11.5 Å². The summed E-state index contributed by atoms with van der Waals surface area (Å²) >= 11 is 1.39. The van der Waals surface area contributed by atoms with Crippen LogP contribution in [0.1, 0.15) is 23.9 Å². The van der Waals surface area contributed by atoms with E-state index in [-0.39, 0.29) is 17.8 Å². The van der Waals surface area contributed by atoms with Crippen molar-refractivity contribution >= 4 is 23.4 Å². The lowest BCUT2D eigenvalue weighted by Gasteiger charge is -2.29. The number of thioether (sulfide) groups is 1. The van der Waals surface area contributed by atoms with Crippen molar-refractivity contribution in [3.8, 4) is 11.5 Å². The van der Waals surface area contributed by atoms with Crippen LogP contribution in [0.15, 0.2) is 66.3 Å². The Kier molecular flexibility index (Phi) is 5.85. The van der Waals surface area contributed by atoms with E-state index in [1.807, 2.05) is 51.9 Å². The van der Waals surface area contributed by atoms with Gasteiger partial charge in [-0.2, -0.15) is 0 Å². The van der Waals surface area contributed by atoms with E-state index in [0.717, 1.165) is 30.8 Å². The van der Waals surface area contributed by atoms with Crippen LogP contribution in [-0.4, -0.2) is 39.6 Å². The van der Waals surface area contributed by atoms with E-state index < -0.39 is 0 Å². The molecule has 8 heteroatoms. The fourth-order valence-electron chi connectivity index (χ4n) is 4.09. The van der Waals surface area contributed by atoms with Crippen molar-refractivity contribution in [2.45, 2.75) is 30.6 Å². The second-order valence-electron chi connectivity index (χ2n) is 7.67. The maximum atomic E-state index is 13.0. The highest BCUT2D eigenvalue weighted by atomic mass is 32.2. The minimum atomic E-state index is -0.378. The van der Waals surface area contributed by atoms with Gasteiger partial charge in [0.15, 0.2) is 28.6 Å². The summed E-state index contributed by atoms with van der Waals surface area (Å²) in [6.07, 6.45) is 3.40. The lowest BCUT2D eigenvalue weighted by Crippen LogP contribution is -2.36. The van der Waals surface area contributed by atoms with Gasteiger partial charge in [0.2, 0.25) is 5.91 Å². The summed E-state index contributed by atoms with van der Waals surface area (Å²) in [7, 11) is 0. The van der Waals surface area contributed by atoms with E-state index in [2.05, 4.69) is 22.8 Å². The van der Waals surface area contributed by atoms with Crippen molar-refractivity contribution in [2.75, 3.05) is 23.8 Å². The van der Waals surface area contributed by atoms with Crippen LogP contribution >= 0.6 is 11.8 Å². The van der Waals surface area contributed by atoms with E-state index in [0.29, 0.717) is 29.9 Å². The number of carbonyl (C=O) groups excluding carboxylic acids is 1. The molecular weight excluding hydrogens is 424 g/mol. The Hall–Kier alpha value is -3.26. The van der Waals surface area contributed by atoms with Gasteiger partial charge < -0.3 is 14.4 Å². The highest BCUT2D eigenvalue weighted by molar-refractivity contribution is 7.99. The molecule has 1 aromatic heterocycles. The van der Waals surface area contributed by atoms with Crippen molar-refractivity contribution in [1.29, 1.82) is 0 Å². The summed E-state index contributed by atoms with van der Waals surface area (Å²) in [4.78, 5) is 14.9. The molecule has 2 aliphatic rings. The molecule has 3 aromatic rings. The number of aromatic nitrogens is 3. The molecule has 0 saturated carbocycles. The zero-order valence-corrected chi connectivity index (χ0v) is 18.5. The number of nitrogens with zero attached hydrogens (tertiary/aromatic N) is 4. The third-order valence-electron chi connectivity index (χ3n) is 5.59. The third-order valence-corrected chi connectivity index (χ3v) is 6.54. The number of benzene rings is 2. The highest BCUT2D eigenvalue weighted by Crippen LogP contribution is 2.36. The molecule has 2 aromatic carbocycles. The molecule has 0 aliphatic carbocycles. The molecule has 164 valence electrons. The Balaban J connectivity index is 1.32. The third kappa shape index (κ3) is 3.98. The second-order valence-corrected chi connectivity index (χ2v) is 8.61. The van der Waals surface area contributed by atoms with Gasteiger partial charge in [-0.05, 0) is 36.6 Å². The van der Waals surface area contributed by atoms with Crippen molar-refractivity contribution in [2.24, 2.45) is 0 Å². The van der Waals surface area contributed by atoms with Crippen molar-refractivity contribution in [1.82, 2.24) is 14.8 Å².